The van der Waals surface area contributed by atoms with Crippen molar-refractivity contribution in [3.8, 4) is 0 Å². The van der Waals surface area contributed by atoms with E-state index in [2.05, 4.69) is 118 Å². The molecule has 0 radical (unpaired) electrons. The molecule has 0 N–H and O–H groups in total. The standard InChI is InChI=1S/C53H82O6/c1-4-7-10-13-16-19-22-24-26-28-31-34-37-40-43-46-52(55)58-49-50(48-57-51(54)45-42-39-36-33-30-21-18-15-12-9-6-3)59-53(56)47-44-41-38-35-32-29-27-25-23-20-17-14-11-8-5-2/h7-14,16-24,26,33,36,50H,4-6,15,25,27-32,34-35,37-49H2,1-3H3/b10-7-,11-8-,12-9-,16-13-,17-14-,21-18-,22-19-,23-20-,26-24-,36-33-. The summed E-state index contributed by atoms with van der Waals surface area (Å²) in [5.74, 6) is -1.02. The first-order chi connectivity index (χ1) is 29.0. The first kappa shape index (κ1) is 54.8. The molecule has 330 valence electrons. The zero-order valence-electron chi connectivity index (χ0n) is 37.5. The third-order valence-electron chi connectivity index (χ3n) is 9.10. The first-order valence-corrected chi connectivity index (χ1v) is 23.1. The topological polar surface area (TPSA) is 78.9 Å². The summed E-state index contributed by atoms with van der Waals surface area (Å²) in [7, 11) is 0. The van der Waals surface area contributed by atoms with Crippen molar-refractivity contribution < 1.29 is 28.6 Å². The Morgan fingerprint density at radius 1 is 0.356 bits per heavy atom. The van der Waals surface area contributed by atoms with E-state index in [9.17, 15) is 14.4 Å². The number of esters is 3. The second kappa shape index (κ2) is 46.5. The molecular weight excluding hydrogens is 733 g/mol. The monoisotopic (exact) mass is 815 g/mol. The summed E-state index contributed by atoms with van der Waals surface area (Å²) in [5.41, 5.74) is 0. The summed E-state index contributed by atoms with van der Waals surface area (Å²) in [4.78, 5) is 37.8. The molecule has 0 aromatic rings. The van der Waals surface area contributed by atoms with Crippen LogP contribution >= 0.6 is 0 Å². The molecule has 0 fully saturated rings. The van der Waals surface area contributed by atoms with Crippen LogP contribution in [0, 0.1) is 0 Å². The largest absolute Gasteiger partial charge is 0.462 e. The lowest BCUT2D eigenvalue weighted by atomic mass is 10.1. The number of rotatable bonds is 39. The summed E-state index contributed by atoms with van der Waals surface area (Å²) in [5, 5.41) is 0. The number of allylic oxidation sites excluding steroid dienone is 20. The van der Waals surface area contributed by atoms with Crippen LogP contribution in [-0.2, 0) is 28.6 Å². The second-order valence-electron chi connectivity index (χ2n) is 14.7. The third-order valence-corrected chi connectivity index (χ3v) is 9.10. The van der Waals surface area contributed by atoms with Gasteiger partial charge in [0.05, 0.1) is 0 Å². The number of unbranched alkanes of at least 4 members (excludes halogenated alkanes) is 13. The quantitative estimate of drug-likeness (QED) is 0.0202. The van der Waals surface area contributed by atoms with Gasteiger partial charge in [0.15, 0.2) is 6.10 Å². The smallest absolute Gasteiger partial charge is 0.306 e. The first-order valence-electron chi connectivity index (χ1n) is 23.1. The number of hydrogen-bond acceptors (Lipinski definition) is 6. The van der Waals surface area contributed by atoms with Gasteiger partial charge >= 0.3 is 17.9 Å². The predicted octanol–water partition coefficient (Wildman–Crippen LogP) is 15.0. The molecule has 6 nitrogen and oxygen atoms in total. The van der Waals surface area contributed by atoms with E-state index >= 15 is 0 Å². The Bertz CT molecular complexity index is 1300. The van der Waals surface area contributed by atoms with Gasteiger partial charge in [-0.1, -0.05) is 194 Å². The Hall–Kier alpha value is -4.19. The highest BCUT2D eigenvalue weighted by Crippen LogP contribution is 2.13. The zero-order chi connectivity index (χ0) is 43.0. The van der Waals surface area contributed by atoms with Gasteiger partial charge in [-0.05, 0) is 83.5 Å². The fourth-order valence-corrected chi connectivity index (χ4v) is 5.71. The van der Waals surface area contributed by atoms with Crippen LogP contribution in [0.15, 0.2) is 122 Å². The van der Waals surface area contributed by atoms with Gasteiger partial charge in [-0.2, -0.15) is 0 Å². The fourth-order valence-electron chi connectivity index (χ4n) is 5.71. The van der Waals surface area contributed by atoms with Gasteiger partial charge in [0.25, 0.3) is 0 Å². The Morgan fingerprint density at radius 3 is 1.20 bits per heavy atom. The van der Waals surface area contributed by atoms with Crippen LogP contribution in [0.2, 0.25) is 0 Å². The normalized spacial score (nSPS) is 13.2. The van der Waals surface area contributed by atoms with Gasteiger partial charge in [0, 0.05) is 19.3 Å². The average molecular weight is 815 g/mol. The highest BCUT2D eigenvalue weighted by molar-refractivity contribution is 5.71. The highest BCUT2D eigenvalue weighted by atomic mass is 16.6. The molecule has 0 rings (SSSR count). The Labute approximate surface area is 361 Å². The van der Waals surface area contributed by atoms with Crippen molar-refractivity contribution in [3.63, 3.8) is 0 Å². The molecule has 1 atom stereocenters. The molecule has 0 saturated heterocycles. The van der Waals surface area contributed by atoms with Gasteiger partial charge in [-0.3, -0.25) is 14.4 Å². The molecule has 1 unspecified atom stereocenters. The van der Waals surface area contributed by atoms with E-state index in [0.717, 1.165) is 109 Å². The molecule has 0 heterocycles. The molecular formula is C53H82O6. The molecule has 0 aliphatic rings. The molecule has 0 bridgehead atoms. The Balaban J connectivity index is 4.52. The number of carbonyl (C=O) groups excluding carboxylic acids is 3. The number of ether oxygens (including phenoxy) is 3. The minimum Gasteiger partial charge on any atom is -0.462 e. The molecule has 0 spiro atoms. The van der Waals surface area contributed by atoms with E-state index in [1.54, 1.807) is 0 Å². The van der Waals surface area contributed by atoms with E-state index in [-0.39, 0.29) is 37.5 Å². The van der Waals surface area contributed by atoms with Crippen molar-refractivity contribution in [2.24, 2.45) is 0 Å². The van der Waals surface area contributed by atoms with Crippen LogP contribution in [0.25, 0.3) is 0 Å². The lowest BCUT2D eigenvalue weighted by Gasteiger charge is -2.18. The van der Waals surface area contributed by atoms with Gasteiger partial charge in [-0.25, -0.2) is 0 Å². The Kier molecular flexibility index (Phi) is 43.2. The SMILES string of the molecule is CC\C=C/C=C\C=C/C=C\CCCCCCCC(=O)OCC(COC(=O)CCC/C=C\C/C=C\C/C=C\CC)OC(=O)CCCCCCCCC\C=C/C=C\C=C/CC. The number of hydrogen-bond donors (Lipinski definition) is 0. The molecule has 6 heteroatoms. The maximum atomic E-state index is 12.7. The van der Waals surface area contributed by atoms with E-state index in [1.165, 1.54) is 19.3 Å². The van der Waals surface area contributed by atoms with Crippen LogP contribution in [-0.4, -0.2) is 37.2 Å². The predicted molar refractivity (Wildman–Crippen MR) is 251 cm³/mol. The molecule has 0 aromatic carbocycles. The summed E-state index contributed by atoms with van der Waals surface area (Å²) in [6, 6.07) is 0. The summed E-state index contributed by atoms with van der Waals surface area (Å²) in [6.07, 6.45) is 63.3. The summed E-state index contributed by atoms with van der Waals surface area (Å²) in [6.45, 7) is 6.14. The zero-order valence-corrected chi connectivity index (χ0v) is 37.5. The van der Waals surface area contributed by atoms with E-state index in [4.69, 9.17) is 14.2 Å². The summed E-state index contributed by atoms with van der Waals surface area (Å²) < 4.78 is 16.6. The third kappa shape index (κ3) is 44.8. The van der Waals surface area contributed by atoms with Crippen LogP contribution in [0.4, 0.5) is 0 Å². The van der Waals surface area contributed by atoms with E-state index in [0.29, 0.717) is 19.3 Å². The maximum absolute atomic E-state index is 12.7. The highest BCUT2D eigenvalue weighted by Gasteiger charge is 2.19. The molecule has 0 aliphatic heterocycles. The molecule has 59 heavy (non-hydrogen) atoms. The van der Waals surface area contributed by atoms with Crippen molar-refractivity contribution >= 4 is 17.9 Å². The van der Waals surface area contributed by atoms with E-state index < -0.39 is 6.10 Å². The number of carbonyl (C=O) groups is 3. The van der Waals surface area contributed by atoms with Crippen LogP contribution in [0.5, 0.6) is 0 Å². The minimum atomic E-state index is -0.816. The molecule has 0 aromatic heterocycles. The average Bonchev–Trinajstić information content (AvgIpc) is 3.23. The van der Waals surface area contributed by atoms with Crippen molar-refractivity contribution in [1.29, 1.82) is 0 Å². The van der Waals surface area contributed by atoms with Crippen molar-refractivity contribution in [2.45, 2.75) is 181 Å². The lowest BCUT2D eigenvalue weighted by Crippen LogP contribution is -2.30. The summed E-state index contributed by atoms with van der Waals surface area (Å²) >= 11 is 0. The fraction of sp³-hybridized carbons (Fsp3) is 0.566. The van der Waals surface area contributed by atoms with Crippen molar-refractivity contribution in [1.82, 2.24) is 0 Å². The van der Waals surface area contributed by atoms with Gasteiger partial charge < -0.3 is 14.2 Å². The van der Waals surface area contributed by atoms with Crippen LogP contribution in [0.3, 0.4) is 0 Å². The van der Waals surface area contributed by atoms with Crippen molar-refractivity contribution in [3.05, 3.63) is 122 Å². The lowest BCUT2D eigenvalue weighted by molar-refractivity contribution is -0.167. The van der Waals surface area contributed by atoms with Gasteiger partial charge in [-0.15, -0.1) is 0 Å². The van der Waals surface area contributed by atoms with Crippen LogP contribution < -0.4 is 0 Å². The van der Waals surface area contributed by atoms with Gasteiger partial charge in [0.1, 0.15) is 13.2 Å². The van der Waals surface area contributed by atoms with Crippen LogP contribution in [0.1, 0.15) is 175 Å². The molecule has 0 saturated carbocycles. The maximum Gasteiger partial charge on any atom is 0.306 e. The van der Waals surface area contributed by atoms with E-state index in [1.807, 2.05) is 24.3 Å². The Morgan fingerprint density at radius 2 is 0.712 bits per heavy atom. The second-order valence-corrected chi connectivity index (χ2v) is 14.7. The minimum absolute atomic E-state index is 0.115. The van der Waals surface area contributed by atoms with Crippen molar-refractivity contribution in [2.75, 3.05) is 13.2 Å². The molecule has 0 amide bonds. The molecule has 0 aliphatic carbocycles. The van der Waals surface area contributed by atoms with Gasteiger partial charge in [0.2, 0.25) is 0 Å².